The molecule has 2 aliphatic heterocycles. The van der Waals surface area contributed by atoms with E-state index in [4.69, 9.17) is 9.47 Å². The van der Waals surface area contributed by atoms with Crippen LogP contribution in [0, 0.1) is 5.92 Å². The molecule has 0 amide bonds. The third-order valence-electron chi connectivity index (χ3n) is 5.05. The molecule has 1 atom stereocenters. The average molecular weight is 301 g/mol. The predicted molar refractivity (Wildman–Crippen MR) is 82.8 cm³/mol. The van der Waals surface area contributed by atoms with Crippen molar-refractivity contribution < 1.29 is 14.3 Å². The molecule has 2 heterocycles. The number of hydrogen-bond acceptors (Lipinski definition) is 4. The van der Waals surface area contributed by atoms with Crippen molar-refractivity contribution in [3.63, 3.8) is 0 Å². The molecule has 22 heavy (non-hydrogen) atoms. The van der Waals surface area contributed by atoms with Crippen LogP contribution in [-0.2, 0) is 16.0 Å². The molecule has 0 bridgehead atoms. The number of piperidine rings is 1. The Kier molecular flexibility index (Phi) is 3.78. The van der Waals surface area contributed by atoms with E-state index in [1.165, 1.54) is 18.4 Å². The van der Waals surface area contributed by atoms with Crippen molar-refractivity contribution >= 4 is 5.97 Å². The first-order valence-electron chi connectivity index (χ1n) is 8.45. The molecule has 0 aromatic heterocycles. The summed E-state index contributed by atoms with van der Waals surface area (Å²) in [5, 5.41) is 0. The summed E-state index contributed by atoms with van der Waals surface area (Å²) in [6.07, 6.45) is 5.39. The Morgan fingerprint density at radius 3 is 2.68 bits per heavy atom. The van der Waals surface area contributed by atoms with Gasteiger partial charge in [-0.1, -0.05) is 18.2 Å². The second-order valence-corrected chi connectivity index (χ2v) is 6.72. The number of ether oxygens (including phenoxy) is 2. The largest absolute Gasteiger partial charge is 0.486 e. The number of rotatable bonds is 4. The number of carbonyl (C=O) groups excluding carboxylic acids is 1. The summed E-state index contributed by atoms with van der Waals surface area (Å²) in [5.41, 5.74) is 1.21. The number of nitrogens with zero attached hydrogens (tertiary/aromatic N) is 1. The van der Waals surface area contributed by atoms with Crippen LogP contribution in [0.1, 0.15) is 31.2 Å². The molecular weight excluding hydrogens is 278 g/mol. The summed E-state index contributed by atoms with van der Waals surface area (Å²) in [4.78, 5) is 14.8. The summed E-state index contributed by atoms with van der Waals surface area (Å²) in [7, 11) is 0. The van der Waals surface area contributed by atoms with E-state index in [9.17, 15) is 4.79 Å². The number of para-hydroxylation sites is 1. The lowest BCUT2D eigenvalue weighted by Crippen LogP contribution is -2.38. The van der Waals surface area contributed by atoms with Gasteiger partial charge in [0.05, 0.1) is 5.92 Å². The highest BCUT2D eigenvalue weighted by atomic mass is 16.6. The smallest absolute Gasteiger partial charge is 0.309 e. The number of likely N-dealkylation sites (tertiary alicyclic amines) is 1. The predicted octanol–water partition coefficient (Wildman–Crippen LogP) is 2.41. The van der Waals surface area contributed by atoms with Crippen LogP contribution in [0.5, 0.6) is 5.75 Å². The molecule has 1 saturated heterocycles. The van der Waals surface area contributed by atoms with Gasteiger partial charge in [-0.05, 0) is 50.4 Å². The fourth-order valence-corrected chi connectivity index (χ4v) is 3.58. The van der Waals surface area contributed by atoms with E-state index >= 15 is 0 Å². The summed E-state index contributed by atoms with van der Waals surface area (Å²) < 4.78 is 11.3. The Hall–Kier alpha value is -1.55. The van der Waals surface area contributed by atoms with Gasteiger partial charge in [0.15, 0.2) is 0 Å². The van der Waals surface area contributed by atoms with Crippen LogP contribution in [-0.4, -0.2) is 42.7 Å². The van der Waals surface area contributed by atoms with Crippen LogP contribution in [0.15, 0.2) is 24.3 Å². The molecule has 1 aromatic carbocycles. The lowest BCUT2D eigenvalue weighted by Gasteiger charge is -2.30. The highest BCUT2D eigenvalue weighted by Gasteiger charge is 2.34. The number of hydrogen-bond donors (Lipinski definition) is 0. The van der Waals surface area contributed by atoms with Gasteiger partial charge in [-0.25, -0.2) is 0 Å². The molecule has 0 spiro atoms. The second-order valence-electron chi connectivity index (χ2n) is 6.72. The topological polar surface area (TPSA) is 38.8 Å². The Morgan fingerprint density at radius 1 is 1.18 bits per heavy atom. The quantitative estimate of drug-likeness (QED) is 0.801. The normalized spacial score (nSPS) is 25.5. The number of benzene rings is 1. The Bertz CT molecular complexity index is 522. The molecule has 1 aromatic rings. The fourth-order valence-electron chi connectivity index (χ4n) is 3.58. The van der Waals surface area contributed by atoms with Gasteiger partial charge in [-0.2, -0.15) is 0 Å². The van der Waals surface area contributed by atoms with Crippen molar-refractivity contribution in [2.75, 3.05) is 19.7 Å². The van der Waals surface area contributed by atoms with Crippen LogP contribution >= 0.6 is 0 Å². The number of esters is 1. The molecule has 0 radical (unpaired) electrons. The van der Waals surface area contributed by atoms with E-state index in [0.717, 1.165) is 44.1 Å². The highest BCUT2D eigenvalue weighted by molar-refractivity contribution is 5.72. The van der Waals surface area contributed by atoms with Crippen LogP contribution in [0.2, 0.25) is 0 Å². The second kappa shape index (κ2) is 5.92. The summed E-state index contributed by atoms with van der Waals surface area (Å²) in [5.74, 6) is 0.982. The monoisotopic (exact) mass is 301 g/mol. The van der Waals surface area contributed by atoms with Gasteiger partial charge in [0.25, 0.3) is 0 Å². The number of carbonyl (C=O) groups is 1. The van der Waals surface area contributed by atoms with E-state index < -0.39 is 0 Å². The lowest BCUT2D eigenvalue weighted by molar-refractivity contribution is -0.152. The van der Waals surface area contributed by atoms with E-state index in [2.05, 4.69) is 11.0 Å². The van der Waals surface area contributed by atoms with Gasteiger partial charge in [-0.15, -0.1) is 0 Å². The molecule has 4 rings (SSSR count). The van der Waals surface area contributed by atoms with Gasteiger partial charge in [0, 0.05) is 12.5 Å². The van der Waals surface area contributed by atoms with Gasteiger partial charge in [0.2, 0.25) is 0 Å². The number of fused-ring (bicyclic) bond motifs is 1. The first kappa shape index (κ1) is 14.1. The van der Waals surface area contributed by atoms with Gasteiger partial charge >= 0.3 is 5.97 Å². The fraction of sp³-hybridized carbons (Fsp3) is 0.611. The average Bonchev–Trinajstić information content (AvgIpc) is 3.32. The minimum absolute atomic E-state index is 0.0205. The summed E-state index contributed by atoms with van der Waals surface area (Å²) in [6.45, 7) is 2.47. The first-order valence-corrected chi connectivity index (χ1v) is 8.45. The van der Waals surface area contributed by atoms with E-state index in [-0.39, 0.29) is 18.0 Å². The van der Waals surface area contributed by atoms with E-state index in [1.807, 2.05) is 18.2 Å². The zero-order valence-corrected chi connectivity index (χ0v) is 12.9. The van der Waals surface area contributed by atoms with Gasteiger partial charge in [0.1, 0.15) is 18.5 Å². The minimum atomic E-state index is -0.0324. The molecule has 2 fully saturated rings. The van der Waals surface area contributed by atoms with Crippen molar-refractivity contribution in [1.29, 1.82) is 0 Å². The molecule has 1 aliphatic carbocycles. The molecule has 0 N–H and O–H groups in total. The van der Waals surface area contributed by atoms with Crippen LogP contribution < -0.4 is 4.74 Å². The molecule has 4 nitrogen and oxygen atoms in total. The maximum absolute atomic E-state index is 12.2. The molecule has 1 saturated carbocycles. The molecular formula is C18H23NO3. The third-order valence-corrected chi connectivity index (χ3v) is 5.05. The lowest BCUT2D eigenvalue weighted by atomic mass is 9.97. The molecule has 118 valence electrons. The maximum Gasteiger partial charge on any atom is 0.309 e. The van der Waals surface area contributed by atoms with E-state index in [1.54, 1.807) is 0 Å². The van der Waals surface area contributed by atoms with Crippen molar-refractivity contribution in [3.05, 3.63) is 29.8 Å². The van der Waals surface area contributed by atoms with Crippen molar-refractivity contribution in [3.8, 4) is 5.75 Å². The Labute approximate surface area is 131 Å². The highest BCUT2D eigenvalue weighted by Crippen LogP contribution is 2.31. The standard InChI is InChI=1S/C18H23NO3/c20-18(13-7-9-19(10-8-13)15-5-6-15)21-12-16-11-14-3-1-2-4-17(14)22-16/h1-4,13,15-16H,5-12H2/t16-/m1/s1. The van der Waals surface area contributed by atoms with Crippen molar-refractivity contribution in [1.82, 2.24) is 4.90 Å². The minimum Gasteiger partial charge on any atom is -0.486 e. The maximum atomic E-state index is 12.2. The molecule has 0 unspecified atom stereocenters. The third kappa shape index (κ3) is 2.98. The zero-order chi connectivity index (χ0) is 14.9. The first-order chi connectivity index (χ1) is 10.8. The van der Waals surface area contributed by atoms with Crippen molar-refractivity contribution in [2.24, 2.45) is 5.92 Å². The summed E-state index contributed by atoms with van der Waals surface area (Å²) in [6, 6.07) is 8.85. The Balaban J connectivity index is 1.22. The SMILES string of the molecule is O=C(OC[C@H]1Cc2ccccc2O1)C1CCN(C2CC2)CC1. The molecule has 4 heteroatoms. The zero-order valence-electron chi connectivity index (χ0n) is 12.9. The van der Waals surface area contributed by atoms with Gasteiger partial charge < -0.3 is 14.4 Å². The van der Waals surface area contributed by atoms with Crippen LogP contribution in [0.4, 0.5) is 0 Å². The summed E-state index contributed by atoms with van der Waals surface area (Å²) >= 11 is 0. The van der Waals surface area contributed by atoms with Crippen LogP contribution in [0.3, 0.4) is 0 Å². The van der Waals surface area contributed by atoms with Crippen molar-refractivity contribution in [2.45, 2.75) is 44.2 Å². The van der Waals surface area contributed by atoms with Gasteiger partial charge in [-0.3, -0.25) is 4.79 Å². The van der Waals surface area contributed by atoms with E-state index in [0.29, 0.717) is 6.61 Å². The van der Waals surface area contributed by atoms with Crippen LogP contribution in [0.25, 0.3) is 0 Å². The molecule has 3 aliphatic rings. The Morgan fingerprint density at radius 2 is 1.95 bits per heavy atom.